The SMILES string of the molecule is CCCCCCCCCCCN1C=CN(Cc2ccccc2)C1CCC. The van der Waals surface area contributed by atoms with Crippen LogP contribution in [0.5, 0.6) is 0 Å². The second-order valence-corrected chi connectivity index (χ2v) is 7.79. The van der Waals surface area contributed by atoms with Crippen molar-refractivity contribution in [3.05, 3.63) is 48.3 Å². The van der Waals surface area contributed by atoms with E-state index in [1.165, 1.54) is 82.7 Å². The minimum atomic E-state index is 0.550. The third kappa shape index (κ3) is 7.43. The van der Waals surface area contributed by atoms with Gasteiger partial charge in [0.2, 0.25) is 0 Å². The van der Waals surface area contributed by atoms with Crippen molar-refractivity contribution in [2.45, 2.75) is 97.2 Å². The summed E-state index contributed by atoms with van der Waals surface area (Å²) in [6.07, 6.45) is 20.3. The van der Waals surface area contributed by atoms with Crippen LogP contribution in [-0.2, 0) is 6.54 Å². The van der Waals surface area contributed by atoms with E-state index in [0.29, 0.717) is 6.17 Å². The summed E-state index contributed by atoms with van der Waals surface area (Å²) >= 11 is 0. The fourth-order valence-electron chi connectivity index (χ4n) is 3.93. The lowest BCUT2D eigenvalue weighted by Crippen LogP contribution is -2.38. The normalized spacial score (nSPS) is 16.6. The van der Waals surface area contributed by atoms with Gasteiger partial charge in [-0.1, -0.05) is 102 Å². The average Bonchev–Trinajstić information content (AvgIpc) is 3.03. The summed E-state index contributed by atoms with van der Waals surface area (Å²) in [5.41, 5.74) is 1.41. The third-order valence-electron chi connectivity index (χ3n) is 5.49. The van der Waals surface area contributed by atoms with Gasteiger partial charge in [-0.2, -0.15) is 0 Å². The van der Waals surface area contributed by atoms with E-state index < -0.39 is 0 Å². The van der Waals surface area contributed by atoms with E-state index in [4.69, 9.17) is 0 Å². The van der Waals surface area contributed by atoms with Crippen LogP contribution in [0.15, 0.2) is 42.7 Å². The molecule has 2 rings (SSSR count). The molecule has 1 aliphatic rings. The van der Waals surface area contributed by atoms with Crippen LogP contribution in [0.3, 0.4) is 0 Å². The molecule has 0 aromatic heterocycles. The molecular weight excluding hydrogens is 316 g/mol. The maximum Gasteiger partial charge on any atom is 0.101 e. The van der Waals surface area contributed by atoms with Crippen molar-refractivity contribution >= 4 is 0 Å². The largest absolute Gasteiger partial charge is 0.356 e. The van der Waals surface area contributed by atoms with Gasteiger partial charge in [0.05, 0.1) is 0 Å². The summed E-state index contributed by atoms with van der Waals surface area (Å²) in [5, 5.41) is 0. The smallest absolute Gasteiger partial charge is 0.101 e. The van der Waals surface area contributed by atoms with Gasteiger partial charge >= 0.3 is 0 Å². The van der Waals surface area contributed by atoms with E-state index >= 15 is 0 Å². The zero-order valence-electron chi connectivity index (χ0n) is 17.2. The van der Waals surface area contributed by atoms with Gasteiger partial charge in [-0.25, -0.2) is 0 Å². The van der Waals surface area contributed by atoms with Gasteiger partial charge in [0.25, 0.3) is 0 Å². The van der Waals surface area contributed by atoms with Crippen LogP contribution in [0.2, 0.25) is 0 Å². The summed E-state index contributed by atoms with van der Waals surface area (Å²) in [5.74, 6) is 0. The highest BCUT2D eigenvalue weighted by Crippen LogP contribution is 2.23. The van der Waals surface area contributed by atoms with Gasteiger partial charge < -0.3 is 9.80 Å². The molecule has 1 aliphatic heterocycles. The van der Waals surface area contributed by atoms with Crippen molar-refractivity contribution in [3.63, 3.8) is 0 Å². The quantitative estimate of drug-likeness (QED) is 0.333. The lowest BCUT2D eigenvalue weighted by molar-refractivity contribution is 0.134. The first-order valence-corrected chi connectivity index (χ1v) is 11.1. The highest BCUT2D eigenvalue weighted by atomic mass is 15.4. The fourth-order valence-corrected chi connectivity index (χ4v) is 3.93. The summed E-state index contributed by atoms with van der Waals surface area (Å²) < 4.78 is 0. The predicted octanol–water partition coefficient (Wildman–Crippen LogP) is 6.93. The van der Waals surface area contributed by atoms with Crippen molar-refractivity contribution in [1.29, 1.82) is 0 Å². The number of benzene rings is 1. The lowest BCUT2D eigenvalue weighted by Gasteiger charge is -2.33. The Bertz CT molecular complexity index is 482. The molecule has 0 saturated heterocycles. The van der Waals surface area contributed by atoms with Crippen LogP contribution in [-0.4, -0.2) is 22.5 Å². The first kappa shape index (κ1) is 20.9. The first-order chi connectivity index (χ1) is 12.8. The summed E-state index contributed by atoms with van der Waals surface area (Å²) in [6.45, 7) is 6.83. The van der Waals surface area contributed by atoms with Gasteiger partial charge in [0.1, 0.15) is 6.17 Å². The van der Waals surface area contributed by atoms with E-state index in [0.717, 1.165) is 6.54 Å². The molecule has 0 spiro atoms. The minimum absolute atomic E-state index is 0.550. The maximum absolute atomic E-state index is 2.58. The molecule has 0 radical (unpaired) electrons. The lowest BCUT2D eigenvalue weighted by atomic mass is 10.1. The molecule has 0 fully saturated rings. The first-order valence-electron chi connectivity index (χ1n) is 11.1. The van der Waals surface area contributed by atoms with Crippen molar-refractivity contribution in [1.82, 2.24) is 9.80 Å². The highest BCUT2D eigenvalue weighted by Gasteiger charge is 2.24. The highest BCUT2D eigenvalue weighted by molar-refractivity contribution is 5.15. The number of hydrogen-bond donors (Lipinski definition) is 0. The Hall–Kier alpha value is -1.44. The van der Waals surface area contributed by atoms with Crippen LogP contribution in [0.4, 0.5) is 0 Å². The molecule has 1 unspecified atom stereocenters. The Morgan fingerprint density at radius 1 is 0.692 bits per heavy atom. The van der Waals surface area contributed by atoms with Crippen LogP contribution >= 0.6 is 0 Å². The van der Waals surface area contributed by atoms with Crippen molar-refractivity contribution < 1.29 is 0 Å². The molecule has 1 heterocycles. The zero-order valence-corrected chi connectivity index (χ0v) is 17.2. The van der Waals surface area contributed by atoms with Crippen LogP contribution in [0, 0.1) is 0 Å². The Morgan fingerprint density at radius 3 is 1.96 bits per heavy atom. The molecule has 26 heavy (non-hydrogen) atoms. The molecule has 1 atom stereocenters. The van der Waals surface area contributed by atoms with Crippen molar-refractivity contribution in [2.24, 2.45) is 0 Å². The molecule has 0 N–H and O–H groups in total. The van der Waals surface area contributed by atoms with Gasteiger partial charge in [-0.15, -0.1) is 0 Å². The minimum Gasteiger partial charge on any atom is -0.356 e. The predicted molar refractivity (Wildman–Crippen MR) is 114 cm³/mol. The summed E-state index contributed by atoms with van der Waals surface area (Å²) in [7, 11) is 0. The number of unbranched alkanes of at least 4 members (excludes halogenated alkanes) is 8. The average molecular weight is 357 g/mol. The number of rotatable bonds is 14. The number of nitrogens with zero attached hydrogens (tertiary/aromatic N) is 2. The topological polar surface area (TPSA) is 6.48 Å². The van der Waals surface area contributed by atoms with Crippen LogP contribution in [0.25, 0.3) is 0 Å². The molecule has 1 aromatic rings. The second kappa shape index (κ2) is 12.8. The van der Waals surface area contributed by atoms with Gasteiger partial charge in [0.15, 0.2) is 0 Å². The Balaban J connectivity index is 1.64. The molecule has 0 bridgehead atoms. The van der Waals surface area contributed by atoms with E-state index in [-0.39, 0.29) is 0 Å². The molecule has 0 amide bonds. The van der Waals surface area contributed by atoms with E-state index in [9.17, 15) is 0 Å². The maximum atomic E-state index is 2.58. The number of hydrogen-bond acceptors (Lipinski definition) is 2. The van der Waals surface area contributed by atoms with Gasteiger partial charge in [-0.3, -0.25) is 0 Å². The standard InChI is InChI=1S/C24H40N2/c1-3-5-6-7-8-9-10-11-15-19-25-20-21-26(24(25)16-4-2)22-23-17-13-12-14-18-23/h12-14,17-18,20-21,24H,3-11,15-16,19,22H2,1-2H3. The molecule has 0 saturated carbocycles. The van der Waals surface area contributed by atoms with E-state index in [1.54, 1.807) is 0 Å². The summed E-state index contributed by atoms with van der Waals surface area (Å²) in [4.78, 5) is 5.10. The second-order valence-electron chi connectivity index (χ2n) is 7.79. The molecule has 146 valence electrons. The molecule has 0 aliphatic carbocycles. The molecule has 2 heteroatoms. The van der Waals surface area contributed by atoms with Gasteiger partial charge in [0, 0.05) is 25.5 Å². The van der Waals surface area contributed by atoms with E-state index in [1.807, 2.05) is 0 Å². The fraction of sp³-hybridized carbons (Fsp3) is 0.667. The third-order valence-corrected chi connectivity index (χ3v) is 5.49. The molecular formula is C24H40N2. The monoisotopic (exact) mass is 356 g/mol. The summed E-state index contributed by atoms with van der Waals surface area (Å²) in [6, 6.07) is 10.9. The Labute approximate surface area is 162 Å². The van der Waals surface area contributed by atoms with Crippen molar-refractivity contribution in [3.8, 4) is 0 Å². The van der Waals surface area contributed by atoms with E-state index in [2.05, 4.69) is 66.4 Å². The molecule has 1 aromatic carbocycles. The van der Waals surface area contributed by atoms with Crippen LogP contribution < -0.4 is 0 Å². The zero-order chi connectivity index (χ0) is 18.5. The van der Waals surface area contributed by atoms with Crippen molar-refractivity contribution in [2.75, 3.05) is 6.54 Å². The van der Waals surface area contributed by atoms with Gasteiger partial charge in [-0.05, 0) is 18.4 Å². The Morgan fingerprint density at radius 2 is 1.31 bits per heavy atom. The molecule has 2 nitrogen and oxygen atoms in total. The Kier molecular flexibility index (Phi) is 10.3. The van der Waals surface area contributed by atoms with Crippen LogP contribution in [0.1, 0.15) is 90.0 Å².